The standard InChI is InChI=1S/C23H23FN4O2S/c1-15-4-10-19(11-5-15)25-21(30)23-27-26-22(31-23)17-3-2-12-28(14-17)20(29)13-16-6-8-18(24)9-7-16/h4-11,17H,2-3,12-14H2,1H3,(H,25,30)/t17-/m1/s1. The van der Waals surface area contributed by atoms with E-state index < -0.39 is 0 Å². The number of aryl methyl sites for hydroxylation is 1. The molecule has 1 aliphatic rings. The van der Waals surface area contributed by atoms with E-state index >= 15 is 0 Å². The van der Waals surface area contributed by atoms with Crippen LogP contribution in [0.3, 0.4) is 0 Å². The number of carbonyl (C=O) groups excluding carboxylic acids is 2. The molecule has 0 aliphatic carbocycles. The summed E-state index contributed by atoms with van der Waals surface area (Å²) in [6.07, 6.45) is 2.01. The number of hydrogen-bond acceptors (Lipinski definition) is 5. The smallest absolute Gasteiger partial charge is 0.286 e. The fraction of sp³-hybridized carbons (Fsp3) is 0.304. The van der Waals surface area contributed by atoms with Crippen LogP contribution in [-0.2, 0) is 11.2 Å². The van der Waals surface area contributed by atoms with Gasteiger partial charge < -0.3 is 10.2 Å². The first-order valence-corrected chi connectivity index (χ1v) is 11.0. The summed E-state index contributed by atoms with van der Waals surface area (Å²) in [7, 11) is 0. The lowest BCUT2D eigenvalue weighted by Crippen LogP contribution is -2.39. The SMILES string of the molecule is Cc1ccc(NC(=O)c2nnc([C@@H]3CCCN(C(=O)Cc4ccc(F)cc4)C3)s2)cc1. The predicted octanol–water partition coefficient (Wildman–Crippen LogP) is 4.19. The lowest BCUT2D eigenvalue weighted by atomic mass is 9.98. The van der Waals surface area contributed by atoms with Crippen molar-refractivity contribution in [3.05, 3.63) is 75.5 Å². The maximum Gasteiger partial charge on any atom is 0.286 e. The van der Waals surface area contributed by atoms with Gasteiger partial charge in [0.25, 0.3) is 5.91 Å². The van der Waals surface area contributed by atoms with Crippen LogP contribution in [0, 0.1) is 12.7 Å². The van der Waals surface area contributed by atoms with Crippen LogP contribution in [0.25, 0.3) is 0 Å². The topological polar surface area (TPSA) is 75.2 Å². The summed E-state index contributed by atoms with van der Waals surface area (Å²) in [5, 5.41) is 12.2. The van der Waals surface area contributed by atoms with Crippen molar-refractivity contribution < 1.29 is 14.0 Å². The monoisotopic (exact) mass is 438 g/mol. The Balaban J connectivity index is 1.37. The molecule has 0 bridgehead atoms. The highest BCUT2D eigenvalue weighted by atomic mass is 32.1. The summed E-state index contributed by atoms with van der Waals surface area (Å²) in [6.45, 7) is 3.23. The molecule has 1 fully saturated rings. The van der Waals surface area contributed by atoms with Gasteiger partial charge in [0.1, 0.15) is 10.8 Å². The van der Waals surface area contributed by atoms with E-state index in [0.29, 0.717) is 23.8 Å². The highest BCUT2D eigenvalue weighted by Gasteiger charge is 2.28. The number of aromatic nitrogens is 2. The zero-order valence-corrected chi connectivity index (χ0v) is 18.0. The van der Waals surface area contributed by atoms with E-state index in [1.807, 2.05) is 36.1 Å². The molecule has 3 aromatic rings. The Hall–Kier alpha value is -3.13. The van der Waals surface area contributed by atoms with Crippen molar-refractivity contribution in [2.75, 3.05) is 18.4 Å². The van der Waals surface area contributed by atoms with Gasteiger partial charge in [0.05, 0.1) is 6.42 Å². The molecule has 6 nitrogen and oxygen atoms in total. The minimum absolute atomic E-state index is 0.0122. The molecule has 0 unspecified atom stereocenters. The molecule has 0 saturated carbocycles. The van der Waals surface area contributed by atoms with Crippen molar-refractivity contribution in [1.29, 1.82) is 0 Å². The van der Waals surface area contributed by atoms with E-state index in [2.05, 4.69) is 15.5 Å². The van der Waals surface area contributed by atoms with Crippen LogP contribution >= 0.6 is 11.3 Å². The molecule has 1 aliphatic heterocycles. The van der Waals surface area contributed by atoms with E-state index in [1.165, 1.54) is 23.5 Å². The Bertz CT molecular complexity index is 1070. The Labute approximate surface area is 184 Å². The average molecular weight is 439 g/mol. The molecule has 31 heavy (non-hydrogen) atoms. The fourth-order valence-electron chi connectivity index (χ4n) is 3.61. The Morgan fingerprint density at radius 1 is 1.13 bits per heavy atom. The molecule has 1 N–H and O–H groups in total. The minimum atomic E-state index is -0.312. The molecule has 8 heteroatoms. The number of amides is 2. The van der Waals surface area contributed by atoms with Gasteiger partial charge in [-0.15, -0.1) is 10.2 Å². The van der Waals surface area contributed by atoms with Crippen molar-refractivity contribution in [3.8, 4) is 0 Å². The molecule has 0 spiro atoms. The van der Waals surface area contributed by atoms with Gasteiger partial charge in [0.15, 0.2) is 0 Å². The highest BCUT2D eigenvalue weighted by molar-refractivity contribution is 7.13. The summed E-state index contributed by atoms with van der Waals surface area (Å²) >= 11 is 1.28. The molecule has 1 atom stereocenters. The van der Waals surface area contributed by atoms with Gasteiger partial charge in [-0.25, -0.2) is 4.39 Å². The third-order valence-corrected chi connectivity index (χ3v) is 6.42. The van der Waals surface area contributed by atoms with Gasteiger partial charge in [0, 0.05) is 24.7 Å². The largest absolute Gasteiger partial charge is 0.342 e. The highest BCUT2D eigenvalue weighted by Crippen LogP contribution is 2.29. The molecular weight excluding hydrogens is 415 g/mol. The Kier molecular flexibility index (Phi) is 6.36. The third-order valence-electron chi connectivity index (χ3n) is 5.34. The summed E-state index contributed by atoms with van der Waals surface area (Å²) in [5.74, 6) is -0.525. The van der Waals surface area contributed by atoms with Crippen LogP contribution in [-0.4, -0.2) is 40.0 Å². The van der Waals surface area contributed by atoms with Crippen LogP contribution in [0.1, 0.15) is 44.7 Å². The maximum atomic E-state index is 13.1. The number of nitrogens with one attached hydrogen (secondary N) is 1. The number of rotatable bonds is 5. The molecule has 160 valence electrons. The van der Waals surface area contributed by atoms with Gasteiger partial charge >= 0.3 is 0 Å². The van der Waals surface area contributed by atoms with Gasteiger partial charge in [0.2, 0.25) is 10.9 Å². The molecule has 0 radical (unpaired) electrons. The van der Waals surface area contributed by atoms with Gasteiger partial charge in [-0.3, -0.25) is 9.59 Å². The molecule has 2 amide bonds. The minimum Gasteiger partial charge on any atom is -0.342 e. The number of carbonyl (C=O) groups is 2. The molecule has 1 saturated heterocycles. The van der Waals surface area contributed by atoms with Crippen LogP contribution in [0.4, 0.5) is 10.1 Å². The lowest BCUT2D eigenvalue weighted by molar-refractivity contribution is -0.131. The second-order valence-electron chi connectivity index (χ2n) is 7.75. The normalized spacial score (nSPS) is 16.2. The summed E-state index contributed by atoms with van der Waals surface area (Å²) in [4.78, 5) is 27.0. The van der Waals surface area contributed by atoms with Gasteiger partial charge in [-0.05, 0) is 49.6 Å². The quantitative estimate of drug-likeness (QED) is 0.648. The van der Waals surface area contributed by atoms with Crippen molar-refractivity contribution in [3.63, 3.8) is 0 Å². The number of piperidine rings is 1. The van der Waals surface area contributed by atoms with E-state index in [0.717, 1.165) is 29.0 Å². The molecule has 1 aromatic heterocycles. The maximum absolute atomic E-state index is 13.1. The first-order chi connectivity index (χ1) is 15.0. The van der Waals surface area contributed by atoms with E-state index in [1.54, 1.807) is 12.1 Å². The number of likely N-dealkylation sites (tertiary alicyclic amines) is 1. The molecule has 2 aromatic carbocycles. The fourth-order valence-corrected chi connectivity index (χ4v) is 4.47. The van der Waals surface area contributed by atoms with Crippen molar-refractivity contribution in [2.24, 2.45) is 0 Å². The average Bonchev–Trinajstić information content (AvgIpc) is 3.28. The van der Waals surface area contributed by atoms with Crippen molar-refractivity contribution >= 4 is 28.8 Å². The third kappa shape index (κ3) is 5.32. The second-order valence-corrected chi connectivity index (χ2v) is 8.76. The number of anilines is 1. The first kappa shape index (κ1) is 21.1. The summed E-state index contributed by atoms with van der Waals surface area (Å²) < 4.78 is 13.1. The number of halogens is 1. The number of hydrogen-bond donors (Lipinski definition) is 1. The molecule has 4 rings (SSSR count). The number of benzene rings is 2. The van der Waals surface area contributed by atoms with E-state index in [-0.39, 0.29) is 30.0 Å². The second kappa shape index (κ2) is 9.34. The van der Waals surface area contributed by atoms with Crippen LogP contribution in [0.15, 0.2) is 48.5 Å². The summed E-state index contributed by atoms with van der Waals surface area (Å²) in [5.41, 5.74) is 2.62. The van der Waals surface area contributed by atoms with Gasteiger partial charge in [-0.1, -0.05) is 41.2 Å². The molecule has 2 heterocycles. The predicted molar refractivity (Wildman–Crippen MR) is 118 cm³/mol. The van der Waals surface area contributed by atoms with E-state index in [9.17, 15) is 14.0 Å². The Morgan fingerprint density at radius 3 is 2.61 bits per heavy atom. The van der Waals surface area contributed by atoms with Crippen LogP contribution in [0.5, 0.6) is 0 Å². The summed E-state index contributed by atoms with van der Waals surface area (Å²) in [6, 6.07) is 13.6. The number of nitrogens with zero attached hydrogens (tertiary/aromatic N) is 3. The van der Waals surface area contributed by atoms with Gasteiger partial charge in [-0.2, -0.15) is 0 Å². The zero-order valence-electron chi connectivity index (χ0n) is 17.2. The van der Waals surface area contributed by atoms with Crippen molar-refractivity contribution in [2.45, 2.75) is 32.1 Å². The lowest BCUT2D eigenvalue weighted by Gasteiger charge is -2.31. The van der Waals surface area contributed by atoms with Crippen LogP contribution in [0.2, 0.25) is 0 Å². The van der Waals surface area contributed by atoms with Crippen LogP contribution < -0.4 is 5.32 Å². The van der Waals surface area contributed by atoms with Crippen molar-refractivity contribution in [1.82, 2.24) is 15.1 Å². The first-order valence-electron chi connectivity index (χ1n) is 10.2. The van der Waals surface area contributed by atoms with E-state index in [4.69, 9.17) is 0 Å². The molecular formula is C23H23FN4O2S. The Morgan fingerprint density at radius 2 is 1.87 bits per heavy atom. The zero-order chi connectivity index (χ0) is 21.8.